The molecule has 196 valence electrons. The van der Waals surface area contributed by atoms with Gasteiger partial charge in [-0.1, -0.05) is 60.7 Å². The Labute approximate surface area is 226 Å². The summed E-state index contributed by atoms with van der Waals surface area (Å²) in [5.41, 5.74) is 2.36. The fourth-order valence-electron chi connectivity index (χ4n) is 4.66. The number of para-hydroxylation sites is 1. The molecule has 0 aromatic heterocycles. The minimum absolute atomic E-state index is 0.0486. The van der Waals surface area contributed by atoms with Gasteiger partial charge in [-0.25, -0.2) is 0 Å². The smallest absolute Gasteiger partial charge is 0.300 e. The highest BCUT2D eigenvalue weighted by molar-refractivity contribution is 6.51. The molecule has 4 aromatic rings. The summed E-state index contributed by atoms with van der Waals surface area (Å²) in [6.07, 6.45) is 0. The van der Waals surface area contributed by atoms with Crippen LogP contribution in [0.15, 0.2) is 109 Å². The number of ketones is 1. The number of methoxy groups -OCH3 is 2. The molecule has 1 amide bonds. The van der Waals surface area contributed by atoms with Crippen molar-refractivity contribution < 1.29 is 28.9 Å². The minimum Gasteiger partial charge on any atom is -0.507 e. The first kappa shape index (κ1) is 25.6. The first-order chi connectivity index (χ1) is 19.0. The molecule has 0 spiro atoms. The molecule has 0 saturated carbocycles. The van der Waals surface area contributed by atoms with Gasteiger partial charge in [0.25, 0.3) is 11.7 Å². The van der Waals surface area contributed by atoms with E-state index in [1.165, 1.54) is 19.1 Å². The highest BCUT2D eigenvalue weighted by Gasteiger charge is 2.47. The normalized spacial score (nSPS) is 16.3. The van der Waals surface area contributed by atoms with Crippen molar-refractivity contribution in [2.75, 3.05) is 19.1 Å². The van der Waals surface area contributed by atoms with Gasteiger partial charge in [0.05, 0.1) is 31.4 Å². The molecule has 7 heteroatoms. The molecule has 5 rings (SSSR count). The fraction of sp³-hybridized carbons (Fsp3) is 0.125. The lowest BCUT2D eigenvalue weighted by molar-refractivity contribution is -0.132. The molecular formula is C32H27NO6. The van der Waals surface area contributed by atoms with Crippen LogP contribution in [0.1, 0.15) is 22.7 Å². The molecule has 39 heavy (non-hydrogen) atoms. The van der Waals surface area contributed by atoms with Crippen LogP contribution in [0.25, 0.3) is 5.76 Å². The van der Waals surface area contributed by atoms with E-state index in [1.807, 2.05) is 42.5 Å². The lowest BCUT2D eigenvalue weighted by atomic mass is 9.94. The Morgan fingerprint density at radius 2 is 1.51 bits per heavy atom. The number of nitrogens with zero attached hydrogens (tertiary/aromatic N) is 1. The second-order valence-corrected chi connectivity index (χ2v) is 8.92. The summed E-state index contributed by atoms with van der Waals surface area (Å²) in [6, 6.07) is 29.8. The number of aliphatic hydroxyl groups excluding tert-OH is 1. The van der Waals surface area contributed by atoms with Crippen molar-refractivity contribution in [3.63, 3.8) is 0 Å². The molecule has 1 saturated heterocycles. The second-order valence-electron chi connectivity index (χ2n) is 8.92. The van der Waals surface area contributed by atoms with Crippen molar-refractivity contribution in [1.82, 2.24) is 0 Å². The molecule has 0 radical (unpaired) electrons. The van der Waals surface area contributed by atoms with Gasteiger partial charge < -0.3 is 19.3 Å². The van der Waals surface area contributed by atoms with Crippen LogP contribution < -0.4 is 19.1 Å². The maximum Gasteiger partial charge on any atom is 0.300 e. The maximum atomic E-state index is 13.5. The van der Waals surface area contributed by atoms with Gasteiger partial charge in [0.15, 0.2) is 0 Å². The van der Waals surface area contributed by atoms with Gasteiger partial charge in [-0.05, 0) is 47.5 Å². The van der Waals surface area contributed by atoms with Crippen LogP contribution in [0.4, 0.5) is 5.69 Å². The molecule has 1 aliphatic heterocycles. The largest absolute Gasteiger partial charge is 0.507 e. The van der Waals surface area contributed by atoms with Crippen molar-refractivity contribution >= 4 is 23.1 Å². The Morgan fingerprint density at radius 3 is 2.21 bits per heavy atom. The Morgan fingerprint density at radius 1 is 0.795 bits per heavy atom. The number of ether oxygens (including phenoxy) is 3. The molecule has 4 aromatic carbocycles. The predicted octanol–water partition coefficient (Wildman–Crippen LogP) is 5.91. The van der Waals surface area contributed by atoms with Gasteiger partial charge in [0.2, 0.25) is 0 Å². The van der Waals surface area contributed by atoms with Crippen molar-refractivity contribution in [2.24, 2.45) is 0 Å². The summed E-state index contributed by atoms with van der Waals surface area (Å²) in [6.45, 7) is 0.353. The van der Waals surface area contributed by atoms with E-state index in [9.17, 15) is 14.7 Å². The van der Waals surface area contributed by atoms with Crippen molar-refractivity contribution in [1.29, 1.82) is 0 Å². The Kier molecular flexibility index (Phi) is 7.32. The third-order valence-corrected chi connectivity index (χ3v) is 6.56. The number of aliphatic hydroxyl groups is 1. The van der Waals surface area contributed by atoms with Crippen molar-refractivity contribution in [2.45, 2.75) is 12.6 Å². The summed E-state index contributed by atoms with van der Waals surface area (Å²) >= 11 is 0. The quantitative estimate of drug-likeness (QED) is 0.176. The lowest BCUT2D eigenvalue weighted by Gasteiger charge is -2.26. The zero-order valence-electron chi connectivity index (χ0n) is 21.5. The van der Waals surface area contributed by atoms with E-state index in [4.69, 9.17) is 14.2 Å². The predicted molar refractivity (Wildman–Crippen MR) is 148 cm³/mol. The highest BCUT2D eigenvalue weighted by atomic mass is 16.5. The van der Waals surface area contributed by atoms with E-state index >= 15 is 0 Å². The van der Waals surface area contributed by atoms with Gasteiger partial charge >= 0.3 is 0 Å². The number of carbonyl (C=O) groups excluding carboxylic acids is 2. The van der Waals surface area contributed by atoms with Crippen LogP contribution in [-0.2, 0) is 16.2 Å². The lowest BCUT2D eigenvalue weighted by Crippen LogP contribution is -2.29. The summed E-state index contributed by atoms with van der Waals surface area (Å²) < 4.78 is 16.8. The Balaban J connectivity index is 1.63. The van der Waals surface area contributed by atoms with Gasteiger partial charge in [-0.3, -0.25) is 14.5 Å². The van der Waals surface area contributed by atoms with Crippen LogP contribution in [0.2, 0.25) is 0 Å². The SMILES string of the molecule is COc1ccc(/C(O)=C2\C(=O)C(=O)N(c3ccccc3)C2c2cccc(OCc3ccccc3)c2)c(OC)c1. The monoisotopic (exact) mass is 521 g/mol. The van der Waals surface area contributed by atoms with E-state index in [0.29, 0.717) is 35.1 Å². The molecule has 1 heterocycles. The molecule has 1 fully saturated rings. The van der Waals surface area contributed by atoms with Crippen LogP contribution in [-0.4, -0.2) is 31.0 Å². The summed E-state index contributed by atoms with van der Waals surface area (Å²) in [7, 11) is 2.98. The molecular weight excluding hydrogens is 494 g/mol. The topological polar surface area (TPSA) is 85.3 Å². The second kappa shape index (κ2) is 11.1. The number of hydrogen-bond donors (Lipinski definition) is 1. The zero-order valence-corrected chi connectivity index (χ0v) is 21.5. The standard InChI is InChI=1S/C32H27NO6/c1-37-24-16-17-26(27(19-24)38-2)30(34)28-29(33(32(36)31(28)35)23-13-7-4-8-14-23)22-12-9-15-25(18-22)39-20-21-10-5-3-6-11-21/h3-19,29,34H,20H2,1-2H3/b30-28+. The average molecular weight is 522 g/mol. The number of carbonyl (C=O) groups is 2. The molecule has 1 aliphatic rings. The molecule has 0 bridgehead atoms. The van der Waals surface area contributed by atoms with Gasteiger partial charge in [-0.15, -0.1) is 0 Å². The summed E-state index contributed by atoms with van der Waals surface area (Å²) in [5.74, 6) is -0.487. The molecule has 1 N–H and O–H groups in total. The third kappa shape index (κ3) is 5.07. The van der Waals surface area contributed by atoms with Crippen molar-refractivity contribution in [3.05, 3.63) is 125 Å². The number of hydrogen-bond acceptors (Lipinski definition) is 6. The van der Waals surface area contributed by atoms with E-state index in [0.717, 1.165) is 5.56 Å². The van der Waals surface area contributed by atoms with E-state index in [2.05, 4.69) is 0 Å². The number of benzene rings is 4. The average Bonchev–Trinajstić information content (AvgIpc) is 3.26. The molecule has 0 aliphatic carbocycles. The number of Topliss-reactive ketones (excluding diaryl/α,β-unsaturated/α-hetero) is 1. The van der Waals surface area contributed by atoms with Crippen LogP contribution in [0, 0.1) is 0 Å². The molecule has 7 nitrogen and oxygen atoms in total. The van der Waals surface area contributed by atoms with E-state index in [-0.39, 0.29) is 16.9 Å². The number of amides is 1. The first-order valence-corrected chi connectivity index (χ1v) is 12.4. The number of rotatable bonds is 8. The first-order valence-electron chi connectivity index (χ1n) is 12.4. The highest BCUT2D eigenvalue weighted by Crippen LogP contribution is 2.44. The number of anilines is 1. The van der Waals surface area contributed by atoms with Crippen LogP contribution in [0.5, 0.6) is 17.2 Å². The maximum absolute atomic E-state index is 13.5. The summed E-state index contributed by atoms with van der Waals surface area (Å²) in [4.78, 5) is 28.3. The van der Waals surface area contributed by atoms with Gasteiger partial charge in [0.1, 0.15) is 29.6 Å². The van der Waals surface area contributed by atoms with Gasteiger partial charge in [0, 0.05) is 11.8 Å². The zero-order chi connectivity index (χ0) is 27.4. The molecule has 1 atom stereocenters. The van der Waals surface area contributed by atoms with E-state index < -0.39 is 17.7 Å². The Hall–Kier alpha value is -5.04. The molecule has 1 unspecified atom stereocenters. The van der Waals surface area contributed by atoms with Crippen LogP contribution >= 0.6 is 0 Å². The minimum atomic E-state index is -0.903. The van der Waals surface area contributed by atoms with Gasteiger partial charge in [-0.2, -0.15) is 0 Å². The third-order valence-electron chi connectivity index (χ3n) is 6.56. The van der Waals surface area contributed by atoms with Crippen LogP contribution in [0.3, 0.4) is 0 Å². The summed E-state index contributed by atoms with van der Waals surface area (Å²) in [5, 5.41) is 11.5. The Bertz CT molecular complexity index is 1530. The van der Waals surface area contributed by atoms with Crippen molar-refractivity contribution in [3.8, 4) is 17.2 Å². The van der Waals surface area contributed by atoms with E-state index in [1.54, 1.807) is 60.7 Å². The fourth-order valence-corrected chi connectivity index (χ4v) is 4.66.